The topological polar surface area (TPSA) is 68.0 Å². The Labute approximate surface area is 134 Å². The number of aryl methyl sites for hydroxylation is 1. The lowest BCUT2D eigenvalue weighted by Gasteiger charge is -2.09. The average molecular weight is 307 g/mol. The molecular formula is C18H17N3O2. The van der Waals surface area contributed by atoms with Gasteiger partial charge in [0.1, 0.15) is 6.04 Å². The summed E-state index contributed by atoms with van der Waals surface area (Å²) in [4.78, 5) is 16.6. The van der Waals surface area contributed by atoms with Crippen LogP contribution in [0.25, 0.3) is 11.4 Å². The van der Waals surface area contributed by atoms with Crippen LogP contribution in [0.1, 0.15) is 34.8 Å². The van der Waals surface area contributed by atoms with Crippen molar-refractivity contribution in [3.8, 4) is 11.4 Å². The summed E-state index contributed by atoms with van der Waals surface area (Å²) in [6, 6.07) is 16.6. The van der Waals surface area contributed by atoms with Gasteiger partial charge in [0.2, 0.25) is 11.7 Å². The van der Waals surface area contributed by atoms with Crippen molar-refractivity contribution in [1.82, 2.24) is 15.5 Å². The Balaban J connectivity index is 1.71. The highest BCUT2D eigenvalue weighted by molar-refractivity contribution is 5.94. The van der Waals surface area contributed by atoms with Crippen LogP contribution in [0.4, 0.5) is 0 Å². The number of carbonyl (C=O) groups excluding carboxylic acids is 1. The molecule has 0 aliphatic heterocycles. The molecule has 0 saturated heterocycles. The first-order chi connectivity index (χ1) is 11.1. The summed E-state index contributed by atoms with van der Waals surface area (Å²) in [5, 5.41) is 6.82. The number of hydrogen-bond donors (Lipinski definition) is 1. The molecule has 0 bridgehead atoms. The molecule has 1 aromatic heterocycles. The molecule has 0 saturated carbocycles. The fourth-order valence-corrected chi connectivity index (χ4v) is 2.16. The van der Waals surface area contributed by atoms with Crippen LogP contribution in [0.2, 0.25) is 0 Å². The van der Waals surface area contributed by atoms with Crippen LogP contribution < -0.4 is 5.32 Å². The molecule has 1 heterocycles. The van der Waals surface area contributed by atoms with E-state index in [1.54, 1.807) is 12.1 Å². The van der Waals surface area contributed by atoms with Crippen molar-refractivity contribution in [3.05, 3.63) is 71.6 Å². The monoisotopic (exact) mass is 307 g/mol. The molecule has 1 amide bonds. The lowest BCUT2D eigenvalue weighted by Crippen LogP contribution is -2.26. The molecule has 0 aliphatic carbocycles. The Morgan fingerprint density at radius 1 is 1.09 bits per heavy atom. The average Bonchev–Trinajstić information content (AvgIpc) is 3.06. The summed E-state index contributed by atoms with van der Waals surface area (Å²) in [5.41, 5.74) is 2.59. The largest absolute Gasteiger partial charge is 0.341 e. The van der Waals surface area contributed by atoms with E-state index < -0.39 is 0 Å². The molecule has 0 spiro atoms. The highest BCUT2D eigenvalue weighted by Crippen LogP contribution is 2.18. The molecule has 0 aliphatic rings. The number of benzene rings is 2. The maximum Gasteiger partial charge on any atom is 0.251 e. The quantitative estimate of drug-likeness (QED) is 0.800. The third-order valence-electron chi connectivity index (χ3n) is 3.51. The highest BCUT2D eigenvalue weighted by Gasteiger charge is 2.18. The number of amides is 1. The van der Waals surface area contributed by atoms with Gasteiger partial charge in [-0.05, 0) is 26.0 Å². The minimum absolute atomic E-state index is 0.169. The van der Waals surface area contributed by atoms with E-state index in [2.05, 4.69) is 15.5 Å². The number of nitrogens with zero attached hydrogens (tertiary/aromatic N) is 2. The van der Waals surface area contributed by atoms with E-state index in [0.717, 1.165) is 11.1 Å². The second-order valence-electron chi connectivity index (χ2n) is 5.38. The fourth-order valence-electron chi connectivity index (χ4n) is 2.16. The molecule has 3 aromatic rings. The van der Waals surface area contributed by atoms with E-state index in [4.69, 9.17) is 4.52 Å². The van der Waals surface area contributed by atoms with Gasteiger partial charge in [-0.25, -0.2) is 0 Å². The zero-order valence-corrected chi connectivity index (χ0v) is 13.0. The van der Waals surface area contributed by atoms with Crippen LogP contribution in [-0.2, 0) is 0 Å². The number of nitrogens with one attached hydrogen (secondary N) is 1. The zero-order valence-electron chi connectivity index (χ0n) is 13.0. The first kappa shape index (κ1) is 15.0. The molecule has 23 heavy (non-hydrogen) atoms. The van der Waals surface area contributed by atoms with Gasteiger partial charge in [-0.3, -0.25) is 4.79 Å². The lowest BCUT2D eigenvalue weighted by molar-refractivity contribution is 0.0932. The molecule has 0 radical (unpaired) electrons. The predicted molar refractivity (Wildman–Crippen MR) is 86.8 cm³/mol. The molecule has 0 fully saturated rings. The van der Waals surface area contributed by atoms with Crippen molar-refractivity contribution in [2.45, 2.75) is 19.9 Å². The first-order valence-corrected chi connectivity index (χ1v) is 7.40. The second-order valence-corrected chi connectivity index (χ2v) is 5.38. The van der Waals surface area contributed by atoms with Crippen LogP contribution in [0.15, 0.2) is 59.1 Å². The minimum Gasteiger partial charge on any atom is -0.341 e. The van der Waals surface area contributed by atoms with E-state index in [0.29, 0.717) is 17.3 Å². The van der Waals surface area contributed by atoms with Gasteiger partial charge in [-0.1, -0.05) is 53.2 Å². The van der Waals surface area contributed by atoms with Gasteiger partial charge in [-0.2, -0.15) is 4.98 Å². The van der Waals surface area contributed by atoms with Crippen LogP contribution in [0, 0.1) is 6.92 Å². The van der Waals surface area contributed by atoms with Crippen LogP contribution in [0.3, 0.4) is 0 Å². The van der Waals surface area contributed by atoms with Gasteiger partial charge in [0, 0.05) is 11.1 Å². The molecule has 5 nitrogen and oxygen atoms in total. The van der Waals surface area contributed by atoms with E-state index in [-0.39, 0.29) is 11.9 Å². The van der Waals surface area contributed by atoms with E-state index in [9.17, 15) is 4.79 Å². The molecule has 2 aromatic carbocycles. The number of rotatable bonds is 4. The predicted octanol–water partition coefficient (Wildman–Crippen LogP) is 3.54. The summed E-state index contributed by atoms with van der Waals surface area (Å²) in [6.07, 6.45) is 0. The Kier molecular flexibility index (Phi) is 4.19. The van der Waals surface area contributed by atoms with Crippen molar-refractivity contribution in [1.29, 1.82) is 0 Å². The molecule has 1 N–H and O–H groups in total. The van der Waals surface area contributed by atoms with Gasteiger partial charge in [0.25, 0.3) is 5.91 Å². The molecule has 5 heteroatoms. The van der Waals surface area contributed by atoms with Gasteiger partial charge >= 0.3 is 0 Å². The Hall–Kier alpha value is -2.95. The maximum absolute atomic E-state index is 12.2. The number of hydrogen-bond acceptors (Lipinski definition) is 4. The SMILES string of the molecule is Cc1ccc(C(=O)NC(C)c2nc(-c3ccccc3)no2)cc1. The van der Waals surface area contributed by atoms with Crippen molar-refractivity contribution >= 4 is 5.91 Å². The van der Waals surface area contributed by atoms with E-state index >= 15 is 0 Å². The normalized spacial score (nSPS) is 11.9. The minimum atomic E-state index is -0.367. The number of carbonyl (C=O) groups is 1. The van der Waals surface area contributed by atoms with E-state index in [1.807, 2.05) is 56.3 Å². The van der Waals surface area contributed by atoms with Crippen molar-refractivity contribution in [2.24, 2.45) is 0 Å². The standard InChI is InChI=1S/C18H17N3O2/c1-12-8-10-15(11-9-12)17(22)19-13(2)18-20-16(21-23-18)14-6-4-3-5-7-14/h3-11,13H,1-2H3,(H,19,22). The summed E-state index contributed by atoms with van der Waals surface area (Å²) in [6.45, 7) is 3.79. The van der Waals surface area contributed by atoms with Crippen LogP contribution >= 0.6 is 0 Å². The molecule has 1 unspecified atom stereocenters. The Morgan fingerprint density at radius 2 is 1.78 bits per heavy atom. The summed E-state index contributed by atoms with van der Waals surface area (Å²) < 4.78 is 5.26. The molecule has 3 rings (SSSR count). The van der Waals surface area contributed by atoms with Gasteiger partial charge in [0.05, 0.1) is 0 Å². The van der Waals surface area contributed by atoms with Crippen molar-refractivity contribution in [2.75, 3.05) is 0 Å². The van der Waals surface area contributed by atoms with Gasteiger partial charge in [-0.15, -0.1) is 0 Å². The second kappa shape index (κ2) is 6.44. The summed E-state index contributed by atoms with van der Waals surface area (Å²) in [5.74, 6) is 0.721. The number of aromatic nitrogens is 2. The first-order valence-electron chi connectivity index (χ1n) is 7.40. The molecular weight excluding hydrogens is 290 g/mol. The smallest absolute Gasteiger partial charge is 0.251 e. The highest BCUT2D eigenvalue weighted by atomic mass is 16.5. The van der Waals surface area contributed by atoms with Crippen LogP contribution in [0.5, 0.6) is 0 Å². The zero-order chi connectivity index (χ0) is 16.2. The third kappa shape index (κ3) is 3.45. The van der Waals surface area contributed by atoms with Gasteiger partial charge < -0.3 is 9.84 Å². The van der Waals surface area contributed by atoms with Gasteiger partial charge in [0.15, 0.2) is 0 Å². The van der Waals surface area contributed by atoms with E-state index in [1.165, 1.54) is 0 Å². The summed E-state index contributed by atoms with van der Waals surface area (Å²) >= 11 is 0. The maximum atomic E-state index is 12.2. The Morgan fingerprint density at radius 3 is 2.48 bits per heavy atom. The molecule has 116 valence electrons. The van der Waals surface area contributed by atoms with Crippen LogP contribution in [-0.4, -0.2) is 16.0 Å². The van der Waals surface area contributed by atoms with Crippen molar-refractivity contribution in [3.63, 3.8) is 0 Å². The fraction of sp³-hybridized carbons (Fsp3) is 0.167. The molecule has 1 atom stereocenters. The Bertz CT molecular complexity index is 795. The summed E-state index contributed by atoms with van der Waals surface area (Å²) in [7, 11) is 0. The van der Waals surface area contributed by atoms with Crippen molar-refractivity contribution < 1.29 is 9.32 Å². The third-order valence-corrected chi connectivity index (χ3v) is 3.51. The lowest BCUT2D eigenvalue weighted by atomic mass is 10.1.